The molecule has 1 fully saturated rings. The van der Waals surface area contributed by atoms with Crippen LogP contribution in [-0.2, 0) is 6.42 Å². The Hall–Kier alpha value is -1.11. The number of hydrogen-bond donors (Lipinski definition) is 1. The van der Waals surface area contributed by atoms with E-state index >= 15 is 0 Å². The number of piperazine rings is 1. The molecule has 0 saturated carbocycles. The summed E-state index contributed by atoms with van der Waals surface area (Å²) >= 11 is 6.86. The van der Waals surface area contributed by atoms with E-state index in [1.165, 1.54) is 29.4 Å². The SMILES string of the molecule is CCSC(N)=NC(=S)Cc1ccc(N2CCN(C(C)CC)CC2)cc1. The lowest BCUT2D eigenvalue weighted by atomic mass is 10.1. The van der Waals surface area contributed by atoms with Gasteiger partial charge in [-0.05, 0) is 36.8 Å². The Bertz CT molecular complexity index is 578. The van der Waals surface area contributed by atoms with Crippen LogP contribution in [0.5, 0.6) is 0 Å². The molecule has 6 heteroatoms. The zero-order valence-corrected chi connectivity index (χ0v) is 17.2. The van der Waals surface area contributed by atoms with Gasteiger partial charge >= 0.3 is 0 Å². The molecule has 138 valence electrons. The molecule has 2 rings (SSSR count). The Labute approximate surface area is 161 Å². The predicted molar refractivity (Wildman–Crippen MR) is 116 cm³/mol. The molecule has 1 aliphatic rings. The molecule has 1 aliphatic heterocycles. The normalized spacial score (nSPS) is 17.6. The van der Waals surface area contributed by atoms with E-state index in [1.807, 2.05) is 0 Å². The number of nitrogens with zero attached hydrogens (tertiary/aromatic N) is 3. The Morgan fingerprint density at radius 3 is 2.40 bits per heavy atom. The van der Waals surface area contributed by atoms with Crippen molar-refractivity contribution in [2.45, 2.75) is 39.7 Å². The highest BCUT2D eigenvalue weighted by Crippen LogP contribution is 2.19. The van der Waals surface area contributed by atoms with Crippen molar-refractivity contribution in [3.63, 3.8) is 0 Å². The fourth-order valence-corrected chi connectivity index (χ4v) is 3.81. The van der Waals surface area contributed by atoms with Crippen LogP contribution in [0.15, 0.2) is 29.3 Å². The first-order chi connectivity index (χ1) is 12.0. The maximum Gasteiger partial charge on any atom is 0.159 e. The van der Waals surface area contributed by atoms with Crippen molar-refractivity contribution >= 4 is 39.8 Å². The fraction of sp³-hybridized carbons (Fsp3) is 0.579. The molecule has 0 amide bonds. The summed E-state index contributed by atoms with van der Waals surface area (Å²) in [6.07, 6.45) is 1.89. The van der Waals surface area contributed by atoms with Gasteiger partial charge in [-0.1, -0.05) is 50.0 Å². The number of thioether (sulfide) groups is 1. The van der Waals surface area contributed by atoms with Gasteiger partial charge in [-0.15, -0.1) is 0 Å². The molecule has 0 aromatic heterocycles. The van der Waals surface area contributed by atoms with Crippen LogP contribution >= 0.6 is 24.0 Å². The molecule has 4 nitrogen and oxygen atoms in total. The van der Waals surface area contributed by atoms with Crippen LogP contribution in [0.4, 0.5) is 5.69 Å². The topological polar surface area (TPSA) is 44.9 Å². The summed E-state index contributed by atoms with van der Waals surface area (Å²) in [5, 5.41) is 0.559. The number of aliphatic imine (C=N–C) groups is 1. The first-order valence-electron chi connectivity index (χ1n) is 9.11. The van der Waals surface area contributed by atoms with Crippen LogP contribution < -0.4 is 10.6 Å². The number of hydrogen-bond acceptors (Lipinski definition) is 4. The molecule has 2 N–H and O–H groups in total. The number of amidine groups is 1. The molecule has 0 aliphatic carbocycles. The molecule has 0 bridgehead atoms. The zero-order valence-electron chi connectivity index (χ0n) is 15.6. The molecular weight excluding hydrogens is 348 g/mol. The van der Waals surface area contributed by atoms with Crippen molar-refractivity contribution in [1.29, 1.82) is 0 Å². The quantitative estimate of drug-likeness (QED) is 0.466. The second kappa shape index (κ2) is 10.1. The summed E-state index contributed by atoms with van der Waals surface area (Å²) in [6.45, 7) is 11.1. The summed E-state index contributed by atoms with van der Waals surface area (Å²) in [6, 6.07) is 9.39. The molecule has 1 aromatic rings. The van der Waals surface area contributed by atoms with E-state index in [-0.39, 0.29) is 0 Å². The highest BCUT2D eigenvalue weighted by molar-refractivity contribution is 8.13. The van der Waals surface area contributed by atoms with E-state index < -0.39 is 0 Å². The average Bonchev–Trinajstić information content (AvgIpc) is 2.62. The maximum absolute atomic E-state index is 5.82. The average molecular weight is 379 g/mol. The van der Waals surface area contributed by atoms with Crippen molar-refractivity contribution in [3.8, 4) is 0 Å². The first kappa shape index (κ1) is 20.2. The third-order valence-electron chi connectivity index (χ3n) is 4.71. The Balaban J connectivity index is 1.88. The van der Waals surface area contributed by atoms with Crippen LogP contribution in [-0.4, -0.2) is 53.0 Å². The van der Waals surface area contributed by atoms with E-state index in [0.717, 1.165) is 31.9 Å². The van der Waals surface area contributed by atoms with Crippen LogP contribution in [0.25, 0.3) is 0 Å². The highest BCUT2D eigenvalue weighted by Gasteiger charge is 2.20. The van der Waals surface area contributed by atoms with Gasteiger partial charge < -0.3 is 10.6 Å². The molecule has 1 unspecified atom stereocenters. The van der Waals surface area contributed by atoms with Crippen molar-refractivity contribution in [2.24, 2.45) is 10.7 Å². The van der Waals surface area contributed by atoms with Gasteiger partial charge in [0.2, 0.25) is 0 Å². The lowest BCUT2D eigenvalue weighted by Gasteiger charge is -2.39. The maximum atomic E-state index is 5.82. The lowest BCUT2D eigenvalue weighted by Crippen LogP contribution is -2.49. The van der Waals surface area contributed by atoms with Crippen molar-refractivity contribution in [2.75, 3.05) is 36.8 Å². The summed E-state index contributed by atoms with van der Waals surface area (Å²) in [7, 11) is 0. The van der Waals surface area contributed by atoms with Crippen LogP contribution in [0.1, 0.15) is 32.8 Å². The van der Waals surface area contributed by atoms with E-state index in [9.17, 15) is 0 Å². The smallest absolute Gasteiger partial charge is 0.159 e. The van der Waals surface area contributed by atoms with Crippen LogP contribution in [0.2, 0.25) is 0 Å². The van der Waals surface area contributed by atoms with Gasteiger partial charge in [-0.3, -0.25) is 4.90 Å². The molecule has 1 saturated heterocycles. The van der Waals surface area contributed by atoms with Crippen molar-refractivity contribution in [1.82, 2.24) is 4.90 Å². The van der Waals surface area contributed by atoms with Crippen molar-refractivity contribution in [3.05, 3.63) is 29.8 Å². The molecule has 1 atom stereocenters. The van der Waals surface area contributed by atoms with Crippen LogP contribution in [0, 0.1) is 0 Å². The van der Waals surface area contributed by atoms with Gasteiger partial charge in [0.15, 0.2) is 5.17 Å². The fourth-order valence-electron chi connectivity index (χ4n) is 3.02. The van der Waals surface area contributed by atoms with Crippen molar-refractivity contribution < 1.29 is 0 Å². The number of thiocarbonyl (C=S) groups is 1. The summed E-state index contributed by atoms with van der Waals surface area (Å²) < 4.78 is 0. The summed E-state index contributed by atoms with van der Waals surface area (Å²) in [4.78, 5) is 9.98. The summed E-state index contributed by atoms with van der Waals surface area (Å²) in [5.41, 5.74) is 8.30. The third kappa shape index (κ3) is 6.28. The number of benzene rings is 1. The molecule has 1 heterocycles. The van der Waals surface area contributed by atoms with Crippen LogP contribution in [0.3, 0.4) is 0 Å². The largest absolute Gasteiger partial charge is 0.378 e. The molecule has 1 aromatic carbocycles. The number of anilines is 1. The molecule has 0 spiro atoms. The molecule has 25 heavy (non-hydrogen) atoms. The zero-order chi connectivity index (χ0) is 18.2. The predicted octanol–water partition coefficient (Wildman–Crippen LogP) is 3.54. The molecular formula is C19H30N4S2. The monoisotopic (exact) mass is 378 g/mol. The van der Waals surface area contributed by atoms with E-state index in [0.29, 0.717) is 22.6 Å². The second-order valence-corrected chi connectivity index (χ2v) is 8.16. The lowest BCUT2D eigenvalue weighted by molar-refractivity contribution is 0.193. The van der Waals surface area contributed by atoms with E-state index in [2.05, 4.69) is 59.8 Å². The van der Waals surface area contributed by atoms with E-state index in [1.54, 1.807) is 0 Å². The Morgan fingerprint density at radius 1 is 1.20 bits per heavy atom. The minimum Gasteiger partial charge on any atom is -0.378 e. The van der Waals surface area contributed by atoms with Gasteiger partial charge in [0.05, 0.1) is 0 Å². The van der Waals surface area contributed by atoms with Gasteiger partial charge in [0.25, 0.3) is 0 Å². The Kier molecular flexibility index (Phi) is 8.19. The van der Waals surface area contributed by atoms with Gasteiger partial charge in [0.1, 0.15) is 4.99 Å². The standard InChI is InChI=1S/C19H30N4S2/c1-4-15(3)22-10-12-23(13-11-22)17-8-6-16(7-9-17)14-18(24)21-19(20)25-5-2/h6-9,15H,4-5,10-14H2,1-3H3,(H2,20,21,24). The Morgan fingerprint density at radius 2 is 1.84 bits per heavy atom. The minimum absolute atomic E-state index is 0.559. The third-order valence-corrected chi connectivity index (χ3v) is 5.62. The first-order valence-corrected chi connectivity index (χ1v) is 10.5. The van der Waals surface area contributed by atoms with Gasteiger partial charge in [-0.25, -0.2) is 4.99 Å². The minimum atomic E-state index is 0.559. The van der Waals surface area contributed by atoms with Gasteiger partial charge in [0, 0.05) is 44.3 Å². The summed E-state index contributed by atoms with van der Waals surface area (Å²) in [5.74, 6) is 0.914. The number of nitrogens with two attached hydrogens (primary N) is 1. The molecule has 0 radical (unpaired) electrons. The second-order valence-electron chi connectivity index (χ2n) is 6.40. The van der Waals surface area contributed by atoms with E-state index in [4.69, 9.17) is 18.0 Å². The number of rotatable bonds is 6. The van der Waals surface area contributed by atoms with Gasteiger partial charge in [-0.2, -0.15) is 0 Å². The highest BCUT2D eigenvalue weighted by atomic mass is 32.2.